The molecule has 0 unspecified atom stereocenters. The van der Waals surface area contributed by atoms with Crippen LogP contribution in [0.4, 0.5) is 0 Å². The van der Waals surface area contributed by atoms with Crippen molar-refractivity contribution in [2.75, 3.05) is 21.3 Å². The van der Waals surface area contributed by atoms with Crippen molar-refractivity contribution in [2.24, 2.45) is 5.73 Å². The molecule has 4 nitrogen and oxygen atoms in total. The monoisotopic (exact) mass is 247 g/mol. The van der Waals surface area contributed by atoms with Crippen LogP contribution in [0.2, 0.25) is 0 Å². The molecule has 0 amide bonds. The fraction of sp³-hybridized carbons (Fsp3) is 0.455. The zero-order chi connectivity index (χ0) is 11.4. The Morgan fingerprint density at radius 3 is 1.69 bits per heavy atom. The molecular weight excluding hydrogens is 230 g/mol. The largest absolute Gasteiger partial charge is 0.496 e. The molecule has 0 spiro atoms. The van der Waals surface area contributed by atoms with E-state index in [1.54, 1.807) is 33.5 Å². The first kappa shape index (κ1) is 14.9. The van der Waals surface area contributed by atoms with Crippen molar-refractivity contribution in [2.45, 2.75) is 13.0 Å². The molecule has 1 rings (SSSR count). The van der Waals surface area contributed by atoms with Gasteiger partial charge in [0, 0.05) is 18.2 Å². The van der Waals surface area contributed by atoms with Crippen molar-refractivity contribution in [3.8, 4) is 17.2 Å². The first-order chi connectivity index (χ1) is 7.13. The van der Waals surface area contributed by atoms with Crippen molar-refractivity contribution >= 4 is 12.4 Å². The third-order valence-electron chi connectivity index (χ3n) is 2.21. The number of ether oxygens (including phenoxy) is 3. The minimum Gasteiger partial charge on any atom is -0.496 e. The van der Waals surface area contributed by atoms with E-state index >= 15 is 0 Å². The number of halogens is 1. The summed E-state index contributed by atoms with van der Waals surface area (Å²) in [5, 5.41) is 0. The van der Waals surface area contributed by atoms with Gasteiger partial charge in [-0.15, -0.1) is 12.4 Å². The lowest BCUT2D eigenvalue weighted by Gasteiger charge is -2.17. The van der Waals surface area contributed by atoms with Gasteiger partial charge in [0.05, 0.1) is 26.9 Å². The van der Waals surface area contributed by atoms with Gasteiger partial charge < -0.3 is 19.9 Å². The van der Waals surface area contributed by atoms with Gasteiger partial charge in [0.15, 0.2) is 0 Å². The smallest absolute Gasteiger partial charge is 0.131 e. The van der Waals surface area contributed by atoms with E-state index in [1.165, 1.54) is 0 Å². The summed E-state index contributed by atoms with van der Waals surface area (Å²) in [7, 11) is 4.79. The van der Waals surface area contributed by atoms with Crippen molar-refractivity contribution in [1.82, 2.24) is 0 Å². The normalized spacial score (nSPS) is 11.3. The van der Waals surface area contributed by atoms with Gasteiger partial charge >= 0.3 is 0 Å². The van der Waals surface area contributed by atoms with Gasteiger partial charge in [-0.05, 0) is 6.92 Å². The Morgan fingerprint density at radius 1 is 1.00 bits per heavy atom. The number of hydrogen-bond donors (Lipinski definition) is 1. The molecule has 0 heterocycles. The van der Waals surface area contributed by atoms with Crippen LogP contribution in [0, 0.1) is 0 Å². The summed E-state index contributed by atoms with van der Waals surface area (Å²) in [6.07, 6.45) is 0. The second kappa shape index (κ2) is 6.45. The number of nitrogens with two attached hydrogens (primary N) is 1. The molecule has 0 saturated heterocycles. The van der Waals surface area contributed by atoms with Crippen LogP contribution in [0.25, 0.3) is 0 Å². The molecule has 1 aromatic rings. The predicted octanol–water partition coefficient (Wildman–Crippen LogP) is 2.15. The standard InChI is InChI=1S/C11H17NO3.ClH/c1-7(12)11-9(14-3)5-8(13-2)6-10(11)15-4;/h5-7H,12H2,1-4H3;1H/t7-;/m0./s1. The number of benzene rings is 1. The van der Waals surface area contributed by atoms with Crippen LogP contribution in [-0.4, -0.2) is 21.3 Å². The quantitative estimate of drug-likeness (QED) is 0.886. The molecule has 0 aliphatic rings. The second-order valence-corrected chi connectivity index (χ2v) is 3.23. The molecule has 0 aliphatic carbocycles. The topological polar surface area (TPSA) is 53.7 Å². The van der Waals surface area contributed by atoms with Crippen LogP contribution in [0.3, 0.4) is 0 Å². The Hall–Kier alpha value is -1.13. The Kier molecular flexibility index (Phi) is 6.00. The van der Waals surface area contributed by atoms with E-state index in [9.17, 15) is 0 Å². The maximum absolute atomic E-state index is 5.86. The molecule has 0 fully saturated rings. The molecule has 0 bridgehead atoms. The van der Waals surface area contributed by atoms with Gasteiger partial charge in [-0.1, -0.05) is 0 Å². The molecule has 2 N–H and O–H groups in total. The summed E-state index contributed by atoms with van der Waals surface area (Å²) in [6.45, 7) is 1.88. The van der Waals surface area contributed by atoms with Crippen LogP contribution >= 0.6 is 12.4 Å². The summed E-state index contributed by atoms with van der Waals surface area (Å²) in [5.41, 5.74) is 6.71. The molecule has 0 saturated carbocycles. The van der Waals surface area contributed by atoms with E-state index in [0.29, 0.717) is 17.2 Å². The third kappa shape index (κ3) is 2.93. The Bertz CT molecular complexity index is 317. The van der Waals surface area contributed by atoms with Gasteiger partial charge in [-0.3, -0.25) is 0 Å². The number of methoxy groups -OCH3 is 3. The van der Waals surface area contributed by atoms with Crippen LogP contribution in [-0.2, 0) is 0 Å². The molecule has 92 valence electrons. The lowest BCUT2D eigenvalue weighted by molar-refractivity contribution is 0.365. The molecule has 5 heteroatoms. The van der Waals surface area contributed by atoms with E-state index < -0.39 is 0 Å². The van der Waals surface area contributed by atoms with Gasteiger partial charge in [-0.25, -0.2) is 0 Å². The molecule has 0 radical (unpaired) electrons. The summed E-state index contributed by atoms with van der Waals surface area (Å²) in [4.78, 5) is 0. The molecule has 1 atom stereocenters. The van der Waals surface area contributed by atoms with Crippen LogP contribution < -0.4 is 19.9 Å². The highest BCUT2D eigenvalue weighted by Crippen LogP contribution is 2.37. The van der Waals surface area contributed by atoms with Gasteiger partial charge in [0.2, 0.25) is 0 Å². The average molecular weight is 248 g/mol. The van der Waals surface area contributed by atoms with Crippen LogP contribution in [0.1, 0.15) is 18.5 Å². The lowest BCUT2D eigenvalue weighted by Crippen LogP contribution is -2.09. The SMILES string of the molecule is COc1cc(OC)c([C@H](C)N)c(OC)c1.Cl. The van der Waals surface area contributed by atoms with Crippen molar-refractivity contribution < 1.29 is 14.2 Å². The van der Waals surface area contributed by atoms with Gasteiger partial charge in [0.25, 0.3) is 0 Å². The number of hydrogen-bond acceptors (Lipinski definition) is 4. The van der Waals surface area contributed by atoms with Crippen LogP contribution in [0.15, 0.2) is 12.1 Å². The van der Waals surface area contributed by atoms with Crippen molar-refractivity contribution in [3.63, 3.8) is 0 Å². The molecule has 0 aromatic heterocycles. The molecular formula is C11H18ClNO3. The van der Waals surface area contributed by atoms with E-state index in [0.717, 1.165) is 5.56 Å². The van der Waals surface area contributed by atoms with Crippen molar-refractivity contribution in [3.05, 3.63) is 17.7 Å². The Morgan fingerprint density at radius 2 is 1.44 bits per heavy atom. The highest BCUT2D eigenvalue weighted by atomic mass is 35.5. The minimum atomic E-state index is -0.152. The fourth-order valence-corrected chi connectivity index (χ4v) is 1.48. The fourth-order valence-electron chi connectivity index (χ4n) is 1.48. The summed E-state index contributed by atoms with van der Waals surface area (Å²) in [5.74, 6) is 2.05. The van der Waals surface area contributed by atoms with Crippen molar-refractivity contribution in [1.29, 1.82) is 0 Å². The Balaban J connectivity index is 0.00000225. The first-order valence-electron chi connectivity index (χ1n) is 4.69. The third-order valence-corrected chi connectivity index (χ3v) is 2.21. The predicted molar refractivity (Wildman–Crippen MR) is 65.9 cm³/mol. The van der Waals surface area contributed by atoms with E-state index in [1.807, 2.05) is 6.92 Å². The maximum Gasteiger partial charge on any atom is 0.131 e. The van der Waals surface area contributed by atoms with E-state index in [4.69, 9.17) is 19.9 Å². The summed E-state index contributed by atoms with van der Waals surface area (Å²) >= 11 is 0. The minimum absolute atomic E-state index is 0. The maximum atomic E-state index is 5.86. The van der Waals surface area contributed by atoms with Crippen LogP contribution in [0.5, 0.6) is 17.2 Å². The molecule has 16 heavy (non-hydrogen) atoms. The first-order valence-corrected chi connectivity index (χ1v) is 4.69. The van der Waals surface area contributed by atoms with Gasteiger partial charge in [0.1, 0.15) is 17.2 Å². The Labute approximate surface area is 102 Å². The van der Waals surface area contributed by atoms with Gasteiger partial charge in [-0.2, -0.15) is 0 Å². The number of rotatable bonds is 4. The zero-order valence-corrected chi connectivity index (χ0v) is 10.8. The highest BCUT2D eigenvalue weighted by molar-refractivity contribution is 5.85. The summed E-state index contributed by atoms with van der Waals surface area (Å²) in [6, 6.07) is 3.43. The van der Waals surface area contributed by atoms with E-state index in [-0.39, 0.29) is 18.4 Å². The van der Waals surface area contributed by atoms with E-state index in [2.05, 4.69) is 0 Å². The lowest BCUT2D eigenvalue weighted by atomic mass is 10.1. The average Bonchev–Trinajstić information content (AvgIpc) is 2.26. The highest BCUT2D eigenvalue weighted by Gasteiger charge is 2.16. The molecule has 0 aliphatic heterocycles. The second-order valence-electron chi connectivity index (χ2n) is 3.23. The summed E-state index contributed by atoms with van der Waals surface area (Å²) < 4.78 is 15.6. The molecule has 1 aromatic carbocycles. The zero-order valence-electron chi connectivity index (χ0n) is 9.94.